The van der Waals surface area contributed by atoms with Gasteiger partial charge in [0, 0.05) is 22.2 Å². The minimum atomic E-state index is -1.04. The van der Waals surface area contributed by atoms with E-state index in [1.54, 1.807) is 0 Å². The largest absolute Gasteiger partial charge is 0.207 e. The van der Waals surface area contributed by atoms with Crippen LogP contribution in [-0.2, 0) is 0 Å². The number of rotatable bonds is 2. The Morgan fingerprint density at radius 2 is 1.39 bits per heavy atom. The lowest BCUT2D eigenvalue weighted by atomic mass is 10.0. The summed E-state index contributed by atoms with van der Waals surface area (Å²) in [5.41, 5.74) is 0.103. The minimum absolute atomic E-state index is 0.0132. The van der Waals surface area contributed by atoms with Crippen LogP contribution < -0.4 is 0 Å². The molecule has 18 heavy (non-hydrogen) atoms. The maximum absolute atomic E-state index is 13.6. The summed E-state index contributed by atoms with van der Waals surface area (Å²) < 4.78 is 39.9. The normalized spacial score (nSPS) is 12.5. The summed E-state index contributed by atoms with van der Waals surface area (Å²) in [7, 11) is 0. The van der Waals surface area contributed by atoms with Crippen LogP contribution in [-0.4, -0.2) is 0 Å². The van der Waals surface area contributed by atoms with Gasteiger partial charge in [-0.05, 0) is 18.2 Å². The maximum atomic E-state index is 13.6. The predicted octanol–water partition coefficient (Wildman–Crippen LogP) is 5.09. The van der Waals surface area contributed by atoms with Gasteiger partial charge in [-0.25, -0.2) is 13.2 Å². The van der Waals surface area contributed by atoms with Crippen LogP contribution in [0.5, 0.6) is 0 Å². The number of alkyl halides is 1. The highest BCUT2D eigenvalue weighted by Crippen LogP contribution is 2.33. The van der Waals surface area contributed by atoms with Crippen LogP contribution in [0.15, 0.2) is 36.4 Å². The molecule has 0 aromatic heterocycles. The summed E-state index contributed by atoms with van der Waals surface area (Å²) in [6.45, 7) is 0. The van der Waals surface area contributed by atoms with Gasteiger partial charge in [-0.3, -0.25) is 0 Å². The second-order valence-corrected chi connectivity index (χ2v) is 4.57. The van der Waals surface area contributed by atoms with E-state index in [0.717, 1.165) is 12.1 Å². The first-order chi connectivity index (χ1) is 8.49. The van der Waals surface area contributed by atoms with Crippen molar-refractivity contribution in [2.24, 2.45) is 0 Å². The van der Waals surface area contributed by atoms with Gasteiger partial charge >= 0.3 is 0 Å². The zero-order valence-electron chi connectivity index (χ0n) is 8.93. The van der Waals surface area contributed by atoms with Crippen LogP contribution in [0.4, 0.5) is 13.2 Å². The highest BCUT2D eigenvalue weighted by atomic mass is 35.5. The molecule has 0 nitrogen and oxygen atoms in total. The first-order valence-corrected chi connectivity index (χ1v) is 5.84. The molecular weight excluding hydrogens is 284 g/mol. The van der Waals surface area contributed by atoms with Gasteiger partial charge in [0.2, 0.25) is 0 Å². The monoisotopic (exact) mass is 290 g/mol. The van der Waals surface area contributed by atoms with Crippen molar-refractivity contribution < 1.29 is 13.2 Å². The zero-order chi connectivity index (χ0) is 13.3. The Morgan fingerprint density at radius 1 is 0.833 bits per heavy atom. The number of hydrogen-bond acceptors (Lipinski definition) is 0. The second kappa shape index (κ2) is 5.21. The fraction of sp³-hybridized carbons (Fsp3) is 0.0769. The molecule has 1 unspecified atom stereocenters. The van der Waals surface area contributed by atoms with E-state index in [2.05, 4.69) is 0 Å². The van der Waals surface area contributed by atoms with E-state index in [-0.39, 0.29) is 16.1 Å². The van der Waals surface area contributed by atoms with E-state index in [0.29, 0.717) is 6.07 Å². The van der Waals surface area contributed by atoms with Gasteiger partial charge in [0.1, 0.15) is 17.5 Å². The molecule has 2 aromatic rings. The fourth-order valence-corrected chi connectivity index (χ4v) is 2.09. The zero-order valence-corrected chi connectivity index (χ0v) is 10.4. The summed E-state index contributed by atoms with van der Waals surface area (Å²) in [6.07, 6.45) is 0. The standard InChI is InChI=1S/C13H7Cl2F3/c14-7-1-3-9(11(17)5-7)13(15)10-4-2-8(16)6-12(10)18/h1-6,13H. The van der Waals surface area contributed by atoms with Crippen molar-refractivity contribution in [3.8, 4) is 0 Å². The minimum Gasteiger partial charge on any atom is -0.207 e. The van der Waals surface area contributed by atoms with Crippen molar-refractivity contribution in [1.29, 1.82) is 0 Å². The van der Waals surface area contributed by atoms with Crippen molar-refractivity contribution in [2.45, 2.75) is 5.38 Å². The van der Waals surface area contributed by atoms with Gasteiger partial charge < -0.3 is 0 Å². The van der Waals surface area contributed by atoms with Gasteiger partial charge in [-0.1, -0.05) is 23.7 Å². The van der Waals surface area contributed by atoms with E-state index in [1.165, 1.54) is 18.2 Å². The van der Waals surface area contributed by atoms with E-state index in [1.807, 2.05) is 0 Å². The second-order valence-electron chi connectivity index (χ2n) is 3.69. The van der Waals surface area contributed by atoms with Crippen LogP contribution >= 0.6 is 23.2 Å². The molecule has 0 amide bonds. The smallest absolute Gasteiger partial charge is 0.131 e. The molecule has 0 fully saturated rings. The first-order valence-electron chi connectivity index (χ1n) is 5.03. The summed E-state index contributed by atoms with van der Waals surface area (Å²) >= 11 is 11.6. The van der Waals surface area contributed by atoms with Crippen LogP contribution in [0.25, 0.3) is 0 Å². The Bertz CT molecular complexity index is 533. The topological polar surface area (TPSA) is 0 Å². The Labute approximate surface area is 112 Å². The molecule has 5 heteroatoms. The third-order valence-electron chi connectivity index (χ3n) is 2.47. The van der Waals surface area contributed by atoms with Crippen LogP contribution in [0.3, 0.4) is 0 Å². The quantitative estimate of drug-likeness (QED) is 0.676. The highest BCUT2D eigenvalue weighted by Gasteiger charge is 2.19. The molecule has 0 radical (unpaired) electrons. The summed E-state index contributed by atoms with van der Waals surface area (Å²) in [5, 5.41) is -0.817. The highest BCUT2D eigenvalue weighted by molar-refractivity contribution is 6.30. The van der Waals surface area contributed by atoms with Crippen molar-refractivity contribution in [1.82, 2.24) is 0 Å². The Morgan fingerprint density at radius 3 is 1.94 bits per heavy atom. The van der Waals surface area contributed by atoms with Crippen molar-refractivity contribution in [3.63, 3.8) is 0 Å². The van der Waals surface area contributed by atoms with E-state index < -0.39 is 22.8 Å². The van der Waals surface area contributed by atoms with Crippen LogP contribution in [0.1, 0.15) is 16.5 Å². The average molecular weight is 291 g/mol. The number of hydrogen-bond donors (Lipinski definition) is 0. The lowest BCUT2D eigenvalue weighted by Crippen LogP contribution is -2.00. The van der Waals surface area contributed by atoms with Crippen molar-refractivity contribution in [3.05, 3.63) is 70.0 Å². The summed E-state index contributed by atoms with van der Waals surface area (Å²) in [5.74, 6) is -2.16. The van der Waals surface area contributed by atoms with Gasteiger partial charge in [0.05, 0.1) is 5.38 Å². The molecule has 0 aliphatic rings. The molecule has 2 aromatic carbocycles. The average Bonchev–Trinajstić information content (AvgIpc) is 2.28. The molecular formula is C13H7Cl2F3. The van der Waals surface area contributed by atoms with E-state index in [9.17, 15) is 13.2 Å². The summed E-state index contributed by atoms with van der Waals surface area (Å²) in [6, 6.07) is 6.89. The number of benzene rings is 2. The molecule has 1 atom stereocenters. The molecule has 0 spiro atoms. The van der Waals surface area contributed by atoms with Gasteiger partial charge in [0.15, 0.2) is 0 Å². The molecule has 2 rings (SSSR count). The Balaban J connectivity index is 2.44. The Kier molecular flexibility index (Phi) is 3.83. The first kappa shape index (κ1) is 13.2. The maximum Gasteiger partial charge on any atom is 0.131 e. The Hall–Kier alpha value is -1.19. The molecule has 0 heterocycles. The molecule has 0 N–H and O–H groups in total. The van der Waals surface area contributed by atoms with Crippen LogP contribution in [0, 0.1) is 17.5 Å². The molecule has 0 saturated heterocycles. The van der Waals surface area contributed by atoms with Crippen molar-refractivity contribution >= 4 is 23.2 Å². The molecule has 0 bridgehead atoms. The fourth-order valence-electron chi connectivity index (χ4n) is 1.58. The third-order valence-corrected chi connectivity index (χ3v) is 3.18. The molecule has 0 aliphatic carbocycles. The predicted molar refractivity (Wildman–Crippen MR) is 65.5 cm³/mol. The molecule has 0 saturated carbocycles. The lowest BCUT2D eigenvalue weighted by molar-refractivity contribution is 0.570. The van der Waals surface area contributed by atoms with Gasteiger partial charge in [-0.2, -0.15) is 0 Å². The third kappa shape index (κ3) is 2.62. The van der Waals surface area contributed by atoms with Gasteiger partial charge in [-0.15, -0.1) is 11.6 Å². The number of halogens is 5. The molecule has 0 aliphatic heterocycles. The van der Waals surface area contributed by atoms with E-state index >= 15 is 0 Å². The van der Waals surface area contributed by atoms with E-state index in [4.69, 9.17) is 23.2 Å². The van der Waals surface area contributed by atoms with Gasteiger partial charge in [0.25, 0.3) is 0 Å². The van der Waals surface area contributed by atoms with Crippen molar-refractivity contribution in [2.75, 3.05) is 0 Å². The van der Waals surface area contributed by atoms with Crippen LogP contribution in [0.2, 0.25) is 5.02 Å². The lowest BCUT2D eigenvalue weighted by Gasteiger charge is -2.12. The summed E-state index contributed by atoms with van der Waals surface area (Å²) in [4.78, 5) is 0. The molecule has 94 valence electrons. The SMILES string of the molecule is Fc1ccc(C(Cl)c2ccc(Cl)cc2F)c(F)c1.